The number of rotatable bonds is 5. The van der Waals surface area contributed by atoms with E-state index in [1.165, 1.54) is 26.3 Å². The fourth-order valence-corrected chi connectivity index (χ4v) is 2.41. The average Bonchev–Trinajstić information content (AvgIpc) is 2.47. The molecule has 0 heterocycles. The van der Waals surface area contributed by atoms with E-state index >= 15 is 0 Å². The molecule has 0 aliphatic carbocycles. The summed E-state index contributed by atoms with van der Waals surface area (Å²) in [4.78, 5) is 0. The molecule has 1 N–H and O–H groups in total. The Morgan fingerprint density at radius 3 is 2.19 bits per heavy atom. The van der Waals surface area contributed by atoms with Gasteiger partial charge < -0.3 is 10.1 Å². The van der Waals surface area contributed by atoms with Crippen LogP contribution in [0.15, 0.2) is 36.4 Å². The van der Waals surface area contributed by atoms with Crippen molar-refractivity contribution < 1.29 is 22.3 Å². The summed E-state index contributed by atoms with van der Waals surface area (Å²) in [7, 11) is 2.70. The van der Waals surface area contributed by atoms with Crippen molar-refractivity contribution in [2.75, 3.05) is 14.2 Å². The van der Waals surface area contributed by atoms with Gasteiger partial charge in [-0.1, -0.05) is 30.3 Å². The lowest BCUT2D eigenvalue weighted by molar-refractivity contribution is -0.150. The molecule has 2 aromatic rings. The van der Waals surface area contributed by atoms with Crippen LogP contribution in [0, 0.1) is 0 Å². The number of ether oxygens (including phenoxy) is 1. The first-order chi connectivity index (χ1) is 9.93. The molecule has 0 saturated carbocycles. The zero-order valence-corrected chi connectivity index (χ0v) is 11.5. The van der Waals surface area contributed by atoms with Gasteiger partial charge in [0.05, 0.1) is 7.11 Å². The highest BCUT2D eigenvalue weighted by Crippen LogP contribution is 2.40. The Hall–Kier alpha value is -1.82. The summed E-state index contributed by atoms with van der Waals surface area (Å²) < 4.78 is 58.0. The van der Waals surface area contributed by atoms with Crippen LogP contribution in [0.1, 0.15) is 11.6 Å². The Kier molecular flexibility index (Phi) is 4.37. The normalized spacial score (nSPS) is 13.7. The van der Waals surface area contributed by atoms with Gasteiger partial charge in [0, 0.05) is 5.39 Å². The van der Waals surface area contributed by atoms with E-state index in [0.717, 1.165) is 0 Å². The molecule has 6 heteroatoms. The van der Waals surface area contributed by atoms with Crippen LogP contribution in [0.25, 0.3) is 10.8 Å². The fraction of sp³-hybridized carbons (Fsp3) is 0.333. The third kappa shape index (κ3) is 2.68. The number of fused-ring (bicyclic) bond motifs is 1. The topological polar surface area (TPSA) is 21.3 Å². The molecule has 21 heavy (non-hydrogen) atoms. The van der Waals surface area contributed by atoms with Gasteiger partial charge >= 0.3 is 12.3 Å². The summed E-state index contributed by atoms with van der Waals surface area (Å²) in [5, 5.41) is 3.35. The molecule has 0 spiro atoms. The van der Waals surface area contributed by atoms with Gasteiger partial charge in [0.1, 0.15) is 11.8 Å². The molecule has 0 bridgehead atoms. The SMILES string of the molecule is CNC(c1ccc(OC)c2ccccc12)C(F)(F)C(F)F. The Bertz CT molecular complexity index is 630. The molecular formula is C15H15F4NO. The molecule has 2 aromatic carbocycles. The number of methoxy groups -OCH3 is 1. The van der Waals surface area contributed by atoms with Crippen molar-refractivity contribution in [2.45, 2.75) is 18.4 Å². The van der Waals surface area contributed by atoms with Gasteiger partial charge in [-0.2, -0.15) is 8.78 Å². The quantitative estimate of drug-likeness (QED) is 0.843. The first kappa shape index (κ1) is 15.6. The lowest BCUT2D eigenvalue weighted by Crippen LogP contribution is -2.41. The van der Waals surface area contributed by atoms with Crippen molar-refractivity contribution >= 4 is 10.8 Å². The van der Waals surface area contributed by atoms with Crippen molar-refractivity contribution in [2.24, 2.45) is 0 Å². The Balaban J connectivity index is 2.66. The first-order valence-electron chi connectivity index (χ1n) is 6.32. The fourth-order valence-electron chi connectivity index (χ4n) is 2.41. The van der Waals surface area contributed by atoms with E-state index < -0.39 is 18.4 Å². The van der Waals surface area contributed by atoms with Gasteiger partial charge in [-0.05, 0) is 24.1 Å². The Morgan fingerprint density at radius 1 is 1.05 bits per heavy atom. The van der Waals surface area contributed by atoms with E-state index in [9.17, 15) is 17.6 Å². The molecule has 0 aliphatic rings. The van der Waals surface area contributed by atoms with Crippen LogP contribution < -0.4 is 10.1 Å². The molecule has 1 atom stereocenters. The molecule has 1 unspecified atom stereocenters. The Labute approximate surface area is 119 Å². The molecule has 114 valence electrons. The van der Waals surface area contributed by atoms with E-state index in [0.29, 0.717) is 16.5 Å². The highest BCUT2D eigenvalue weighted by Gasteiger charge is 2.49. The van der Waals surface area contributed by atoms with Gasteiger partial charge in [0.2, 0.25) is 0 Å². The molecule has 0 aliphatic heterocycles. The minimum Gasteiger partial charge on any atom is -0.496 e. The minimum atomic E-state index is -4.17. The van der Waals surface area contributed by atoms with E-state index in [-0.39, 0.29) is 5.56 Å². The maximum absolute atomic E-state index is 13.8. The van der Waals surface area contributed by atoms with Gasteiger partial charge in [0.25, 0.3) is 0 Å². The second kappa shape index (κ2) is 5.89. The lowest BCUT2D eigenvalue weighted by atomic mass is 9.94. The molecule has 0 radical (unpaired) electrons. The Morgan fingerprint density at radius 2 is 1.67 bits per heavy atom. The van der Waals surface area contributed by atoms with Crippen molar-refractivity contribution in [3.8, 4) is 5.75 Å². The molecule has 0 saturated heterocycles. The van der Waals surface area contributed by atoms with Gasteiger partial charge in [-0.3, -0.25) is 0 Å². The molecule has 0 amide bonds. The molecule has 2 nitrogen and oxygen atoms in total. The second-order valence-corrected chi connectivity index (χ2v) is 4.60. The number of hydrogen-bond donors (Lipinski definition) is 1. The summed E-state index contributed by atoms with van der Waals surface area (Å²) in [6.45, 7) is 0. The van der Waals surface area contributed by atoms with E-state index in [2.05, 4.69) is 5.32 Å². The maximum atomic E-state index is 13.8. The van der Waals surface area contributed by atoms with Crippen LogP contribution in [0.2, 0.25) is 0 Å². The maximum Gasteiger partial charge on any atom is 0.326 e. The predicted octanol–water partition coefficient (Wildman–Crippen LogP) is 4.01. The number of hydrogen-bond acceptors (Lipinski definition) is 2. The highest BCUT2D eigenvalue weighted by molar-refractivity contribution is 5.91. The third-order valence-electron chi connectivity index (χ3n) is 3.41. The monoisotopic (exact) mass is 301 g/mol. The van der Waals surface area contributed by atoms with E-state index in [4.69, 9.17) is 4.74 Å². The first-order valence-corrected chi connectivity index (χ1v) is 6.32. The van der Waals surface area contributed by atoms with Crippen LogP contribution in [-0.4, -0.2) is 26.5 Å². The molecular weight excluding hydrogens is 286 g/mol. The number of alkyl halides is 4. The molecule has 2 rings (SSSR count). The highest BCUT2D eigenvalue weighted by atomic mass is 19.3. The lowest BCUT2D eigenvalue weighted by Gasteiger charge is -2.27. The van der Waals surface area contributed by atoms with Crippen molar-refractivity contribution in [1.82, 2.24) is 5.32 Å². The standard InChI is InChI=1S/C15H15F4NO/c1-20-13(15(18,19)14(16)17)11-7-8-12(21-2)10-6-4-3-5-9(10)11/h3-8,13-14,20H,1-2H3. The summed E-state index contributed by atoms with van der Waals surface area (Å²) >= 11 is 0. The number of benzene rings is 2. The zero-order valence-electron chi connectivity index (χ0n) is 11.5. The van der Waals surface area contributed by atoms with Crippen molar-refractivity contribution in [1.29, 1.82) is 0 Å². The van der Waals surface area contributed by atoms with Gasteiger partial charge in [-0.15, -0.1) is 0 Å². The van der Waals surface area contributed by atoms with Gasteiger partial charge in [-0.25, -0.2) is 8.78 Å². The van der Waals surface area contributed by atoms with Crippen molar-refractivity contribution in [3.05, 3.63) is 42.0 Å². The predicted molar refractivity (Wildman–Crippen MR) is 73.3 cm³/mol. The van der Waals surface area contributed by atoms with E-state index in [1.54, 1.807) is 24.3 Å². The number of nitrogens with one attached hydrogen (secondary N) is 1. The largest absolute Gasteiger partial charge is 0.496 e. The summed E-state index contributed by atoms with van der Waals surface area (Å²) in [5.74, 6) is -3.67. The van der Waals surface area contributed by atoms with Gasteiger partial charge in [0.15, 0.2) is 0 Å². The number of halogens is 4. The van der Waals surface area contributed by atoms with Crippen LogP contribution in [0.5, 0.6) is 5.75 Å². The van der Waals surface area contributed by atoms with E-state index in [1.807, 2.05) is 0 Å². The summed E-state index contributed by atoms with van der Waals surface area (Å²) in [6.07, 6.45) is -3.75. The second-order valence-electron chi connectivity index (χ2n) is 4.60. The molecule has 0 aromatic heterocycles. The van der Waals surface area contributed by atoms with Crippen LogP contribution in [-0.2, 0) is 0 Å². The van der Waals surface area contributed by atoms with Crippen LogP contribution in [0.4, 0.5) is 17.6 Å². The summed E-state index contributed by atoms with van der Waals surface area (Å²) in [5.41, 5.74) is 0.110. The van der Waals surface area contributed by atoms with Crippen molar-refractivity contribution in [3.63, 3.8) is 0 Å². The van der Waals surface area contributed by atoms with Crippen LogP contribution >= 0.6 is 0 Å². The molecule has 0 fully saturated rings. The summed E-state index contributed by atoms with van der Waals surface area (Å²) in [6, 6.07) is 7.81. The average molecular weight is 301 g/mol. The minimum absolute atomic E-state index is 0.110. The van der Waals surface area contributed by atoms with Crippen LogP contribution in [0.3, 0.4) is 0 Å². The smallest absolute Gasteiger partial charge is 0.326 e. The third-order valence-corrected chi connectivity index (χ3v) is 3.41. The zero-order chi connectivity index (χ0) is 15.6.